The summed E-state index contributed by atoms with van der Waals surface area (Å²) in [6.07, 6.45) is 9.71. The van der Waals surface area contributed by atoms with Crippen LogP contribution in [0, 0.1) is 0 Å². The Balaban J connectivity index is 1.41. The highest BCUT2D eigenvalue weighted by Crippen LogP contribution is 2.17. The Hall–Kier alpha value is -3.02. The first-order chi connectivity index (χ1) is 15.6. The molecule has 0 radical (unpaired) electrons. The van der Waals surface area contributed by atoms with Gasteiger partial charge in [-0.05, 0) is 61.4 Å². The van der Waals surface area contributed by atoms with Crippen LogP contribution in [-0.2, 0) is 9.59 Å². The third-order valence-corrected chi connectivity index (χ3v) is 5.31. The fourth-order valence-corrected chi connectivity index (χ4v) is 3.43. The smallest absolute Gasteiger partial charge is 0.224 e. The van der Waals surface area contributed by atoms with Crippen LogP contribution in [0.1, 0.15) is 64.2 Å². The second-order valence-electron chi connectivity index (χ2n) is 7.88. The number of nitrogens with one attached hydrogen (secondary N) is 2. The minimum Gasteiger partial charge on any atom is -0.497 e. The third kappa shape index (κ3) is 10.3. The molecule has 0 bridgehead atoms. The first kappa shape index (κ1) is 25.2. The molecule has 32 heavy (non-hydrogen) atoms. The van der Waals surface area contributed by atoms with Crippen LogP contribution in [0.5, 0.6) is 11.5 Å². The maximum Gasteiger partial charge on any atom is 0.224 e. The van der Waals surface area contributed by atoms with Crippen LogP contribution in [0.4, 0.5) is 11.4 Å². The van der Waals surface area contributed by atoms with E-state index in [1.54, 1.807) is 14.2 Å². The van der Waals surface area contributed by atoms with E-state index in [-0.39, 0.29) is 11.8 Å². The number of benzene rings is 2. The summed E-state index contributed by atoms with van der Waals surface area (Å²) in [4.78, 5) is 24.0. The highest BCUT2D eigenvalue weighted by molar-refractivity contribution is 5.91. The molecule has 2 N–H and O–H groups in total. The fourth-order valence-electron chi connectivity index (χ4n) is 3.43. The minimum absolute atomic E-state index is 0.0584. The number of amides is 2. The van der Waals surface area contributed by atoms with E-state index in [1.807, 2.05) is 48.5 Å². The normalized spacial score (nSPS) is 10.4. The first-order valence-corrected chi connectivity index (χ1v) is 11.5. The van der Waals surface area contributed by atoms with Crippen LogP contribution in [0.25, 0.3) is 0 Å². The summed E-state index contributed by atoms with van der Waals surface area (Å²) in [6.45, 7) is 0. The molecule has 0 aliphatic rings. The fraction of sp³-hybridized carbons (Fsp3) is 0.462. The topological polar surface area (TPSA) is 76.7 Å². The number of carbonyl (C=O) groups is 2. The van der Waals surface area contributed by atoms with E-state index < -0.39 is 0 Å². The van der Waals surface area contributed by atoms with E-state index in [2.05, 4.69) is 10.6 Å². The van der Waals surface area contributed by atoms with Gasteiger partial charge in [0.25, 0.3) is 0 Å². The Kier molecular flexibility index (Phi) is 11.7. The lowest BCUT2D eigenvalue weighted by atomic mass is 10.1. The van der Waals surface area contributed by atoms with Crippen molar-refractivity contribution in [3.8, 4) is 11.5 Å². The molecule has 2 aromatic carbocycles. The molecular formula is C26H36N2O4. The summed E-state index contributed by atoms with van der Waals surface area (Å²) in [5.41, 5.74) is 1.60. The highest BCUT2D eigenvalue weighted by atomic mass is 16.5. The zero-order valence-electron chi connectivity index (χ0n) is 19.3. The van der Waals surface area contributed by atoms with Crippen molar-refractivity contribution >= 4 is 23.2 Å². The van der Waals surface area contributed by atoms with Crippen molar-refractivity contribution < 1.29 is 19.1 Å². The van der Waals surface area contributed by atoms with Crippen molar-refractivity contribution in [3.05, 3.63) is 48.5 Å². The lowest BCUT2D eigenvalue weighted by Crippen LogP contribution is -2.11. The Morgan fingerprint density at radius 2 is 0.875 bits per heavy atom. The number of carbonyl (C=O) groups excluding carboxylic acids is 2. The van der Waals surface area contributed by atoms with Crippen molar-refractivity contribution in [2.45, 2.75) is 64.2 Å². The van der Waals surface area contributed by atoms with Crippen LogP contribution in [0.15, 0.2) is 48.5 Å². The van der Waals surface area contributed by atoms with Gasteiger partial charge in [-0.15, -0.1) is 0 Å². The van der Waals surface area contributed by atoms with Gasteiger partial charge in [-0.1, -0.05) is 38.5 Å². The second-order valence-corrected chi connectivity index (χ2v) is 7.88. The Morgan fingerprint density at radius 1 is 0.562 bits per heavy atom. The molecule has 0 saturated carbocycles. The van der Waals surface area contributed by atoms with Gasteiger partial charge in [-0.3, -0.25) is 9.59 Å². The van der Waals surface area contributed by atoms with Crippen molar-refractivity contribution in [1.29, 1.82) is 0 Å². The Morgan fingerprint density at radius 3 is 1.19 bits per heavy atom. The van der Waals surface area contributed by atoms with Crippen LogP contribution in [-0.4, -0.2) is 26.0 Å². The molecule has 2 amide bonds. The van der Waals surface area contributed by atoms with Gasteiger partial charge in [-0.25, -0.2) is 0 Å². The number of ether oxygens (including phenoxy) is 2. The van der Waals surface area contributed by atoms with Gasteiger partial charge < -0.3 is 20.1 Å². The average Bonchev–Trinajstić information content (AvgIpc) is 2.81. The molecule has 0 aliphatic carbocycles. The summed E-state index contributed by atoms with van der Waals surface area (Å²) < 4.78 is 10.2. The molecule has 0 saturated heterocycles. The maximum atomic E-state index is 12.0. The number of hydrogen-bond donors (Lipinski definition) is 2. The molecule has 6 nitrogen and oxygen atoms in total. The molecule has 2 aromatic rings. The zero-order valence-corrected chi connectivity index (χ0v) is 19.3. The average molecular weight is 441 g/mol. The summed E-state index contributed by atoms with van der Waals surface area (Å²) in [5.74, 6) is 1.67. The van der Waals surface area contributed by atoms with E-state index in [0.29, 0.717) is 12.8 Å². The largest absolute Gasteiger partial charge is 0.497 e. The standard InChI is InChI=1S/C26H36N2O4/c1-31-23-17-13-21(14-18-23)27-25(29)11-9-7-5-3-4-6-8-10-12-26(30)28-22-15-19-24(32-2)20-16-22/h13-20H,3-12H2,1-2H3,(H,27,29)(H,28,30). The summed E-state index contributed by atoms with van der Waals surface area (Å²) in [5, 5.41) is 5.83. The zero-order chi connectivity index (χ0) is 23.0. The molecule has 6 heteroatoms. The monoisotopic (exact) mass is 440 g/mol. The van der Waals surface area contributed by atoms with Gasteiger partial charge in [0.2, 0.25) is 11.8 Å². The number of rotatable bonds is 15. The van der Waals surface area contributed by atoms with Gasteiger partial charge in [0.15, 0.2) is 0 Å². The van der Waals surface area contributed by atoms with E-state index >= 15 is 0 Å². The Labute approximate surface area is 191 Å². The Bertz CT molecular complexity index is 734. The molecule has 0 spiro atoms. The number of anilines is 2. The first-order valence-electron chi connectivity index (χ1n) is 11.5. The lowest BCUT2D eigenvalue weighted by molar-refractivity contribution is -0.117. The summed E-state index contributed by atoms with van der Waals surface area (Å²) >= 11 is 0. The molecule has 174 valence electrons. The number of methoxy groups -OCH3 is 2. The van der Waals surface area contributed by atoms with Crippen LogP contribution in [0.2, 0.25) is 0 Å². The molecule has 2 rings (SSSR count). The van der Waals surface area contributed by atoms with E-state index in [0.717, 1.165) is 61.4 Å². The molecule has 0 aliphatic heterocycles. The number of unbranched alkanes of at least 4 members (excludes halogenated alkanes) is 7. The third-order valence-electron chi connectivity index (χ3n) is 5.31. The number of hydrogen-bond acceptors (Lipinski definition) is 4. The van der Waals surface area contributed by atoms with Gasteiger partial charge in [0.05, 0.1) is 14.2 Å². The summed E-state index contributed by atoms with van der Waals surface area (Å²) in [6, 6.07) is 14.7. The molecule has 0 atom stereocenters. The van der Waals surface area contributed by atoms with E-state index in [9.17, 15) is 9.59 Å². The van der Waals surface area contributed by atoms with Crippen LogP contribution in [0.3, 0.4) is 0 Å². The van der Waals surface area contributed by atoms with Crippen LogP contribution >= 0.6 is 0 Å². The molecular weight excluding hydrogens is 404 g/mol. The SMILES string of the molecule is COc1ccc(NC(=O)CCCCCCCCCCC(=O)Nc2ccc(OC)cc2)cc1. The minimum atomic E-state index is 0.0584. The van der Waals surface area contributed by atoms with Crippen LogP contribution < -0.4 is 20.1 Å². The predicted octanol–water partition coefficient (Wildman–Crippen LogP) is 6.18. The van der Waals surface area contributed by atoms with Gasteiger partial charge in [0.1, 0.15) is 11.5 Å². The van der Waals surface area contributed by atoms with Crippen molar-refractivity contribution in [3.63, 3.8) is 0 Å². The molecule has 0 unspecified atom stereocenters. The molecule has 0 aromatic heterocycles. The quantitative estimate of drug-likeness (QED) is 0.324. The molecule has 0 fully saturated rings. The van der Waals surface area contributed by atoms with Crippen molar-refractivity contribution in [1.82, 2.24) is 0 Å². The van der Waals surface area contributed by atoms with E-state index in [1.165, 1.54) is 12.8 Å². The van der Waals surface area contributed by atoms with Gasteiger partial charge >= 0.3 is 0 Å². The van der Waals surface area contributed by atoms with E-state index in [4.69, 9.17) is 9.47 Å². The maximum absolute atomic E-state index is 12.0. The molecule has 0 heterocycles. The van der Waals surface area contributed by atoms with Crippen molar-refractivity contribution in [2.75, 3.05) is 24.9 Å². The van der Waals surface area contributed by atoms with Gasteiger partial charge in [-0.2, -0.15) is 0 Å². The summed E-state index contributed by atoms with van der Waals surface area (Å²) in [7, 11) is 3.24. The van der Waals surface area contributed by atoms with Crippen molar-refractivity contribution in [2.24, 2.45) is 0 Å². The second kappa shape index (κ2) is 14.9. The highest BCUT2D eigenvalue weighted by Gasteiger charge is 2.04. The van der Waals surface area contributed by atoms with Gasteiger partial charge in [0, 0.05) is 24.2 Å². The predicted molar refractivity (Wildman–Crippen MR) is 129 cm³/mol. The lowest BCUT2D eigenvalue weighted by Gasteiger charge is -2.07.